The van der Waals surface area contributed by atoms with Crippen LogP contribution in [0, 0.1) is 5.92 Å². The highest BCUT2D eigenvalue weighted by atomic mass is 79.9. The minimum absolute atomic E-state index is 0.211. The molecule has 104 valence electrons. The molecule has 2 atom stereocenters. The molecule has 1 aromatic carbocycles. The zero-order chi connectivity index (χ0) is 13.8. The van der Waals surface area contributed by atoms with Crippen LogP contribution in [0.2, 0.25) is 0 Å². The Labute approximate surface area is 121 Å². The number of carbonyl (C=O) groups is 1. The van der Waals surface area contributed by atoms with Crippen LogP contribution in [0.4, 0.5) is 0 Å². The molecule has 0 spiro atoms. The molecule has 1 fully saturated rings. The Morgan fingerprint density at radius 2 is 2.37 bits per heavy atom. The minimum Gasteiger partial charge on any atom is -0.492 e. The van der Waals surface area contributed by atoms with E-state index in [0.717, 1.165) is 23.2 Å². The number of carboxylic acids is 1. The average molecular weight is 328 g/mol. The van der Waals surface area contributed by atoms with Crippen LogP contribution in [0.15, 0.2) is 28.7 Å². The second-order valence-electron chi connectivity index (χ2n) is 4.89. The number of likely N-dealkylation sites (tertiary alicyclic amines) is 1. The molecule has 0 saturated carbocycles. The topological polar surface area (TPSA) is 49.8 Å². The van der Waals surface area contributed by atoms with Crippen molar-refractivity contribution in [3.8, 4) is 5.75 Å². The fourth-order valence-corrected chi connectivity index (χ4v) is 2.89. The summed E-state index contributed by atoms with van der Waals surface area (Å²) in [6, 6.07) is 7.28. The number of hydrogen-bond donors (Lipinski definition) is 1. The van der Waals surface area contributed by atoms with Crippen molar-refractivity contribution in [1.29, 1.82) is 0 Å². The van der Waals surface area contributed by atoms with Crippen molar-refractivity contribution in [2.24, 2.45) is 5.92 Å². The lowest BCUT2D eigenvalue weighted by atomic mass is 10.0. The zero-order valence-corrected chi connectivity index (χ0v) is 12.5. The first-order valence-electron chi connectivity index (χ1n) is 6.43. The third-order valence-corrected chi connectivity index (χ3v) is 3.99. The molecule has 0 bridgehead atoms. The summed E-state index contributed by atoms with van der Waals surface area (Å²) in [5, 5.41) is 9.22. The third kappa shape index (κ3) is 3.70. The summed E-state index contributed by atoms with van der Waals surface area (Å²) in [7, 11) is 0. The highest BCUT2D eigenvalue weighted by molar-refractivity contribution is 9.10. The summed E-state index contributed by atoms with van der Waals surface area (Å²) >= 11 is 3.39. The molecular formula is C14H18BrNO3. The molecule has 2 unspecified atom stereocenters. The molecular weight excluding hydrogens is 310 g/mol. The van der Waals surface area contributed by atoms with Gasteiger partial charge in [-0.15, -0.1) is 0 Å². The molecule has 5 heteroatoms. The van der Waals surface area contributed by atoms with E-state index in [-0.39, 0.29) is 12.0 Å². The average Bonchev–Trinajstić information content (AvgIpc) is 2.71. The quantitative estimate of drug-likeness (QED) is 0.903. The van der Waals surface area contributed by atoms with Crippen LogP contribution in [-0.4, -0.2) is 41.7 Å². The van der Waals surface area contributed by atoms with Crippen LogP contribution in [0.1, 0.15) is 13.3 Å². The zero-order valence-electron chi connectivity index (χ0n) is 10.9. The number of ether oxygens (including phenoxy) is 1. The number of carboxylic acid groups (broad SMARTS) is 1. The van der Waals surface area contributed by atoms with Crippen LogP contribution in [-0.2, 0) is 4.79 Å². The number of aliphatic carboxylic acids is 1. The molecule has 2 rings (SSSR count). The Hall–Kier alpha value is -1.07. The van der Waals surface area contributed by atoms with E-state index in [9.17, 15) is 9.90 Å². The largest absolute Gasteiger partial charge is 0.492 e. The van der Waals surface area contributed by atoms with Crippen LogP contribution in [0.5, 0.6) is 5.75 Å². The molecule has 1 aromatic rings. The van der Waals surface area contributed by atoms with Gasteiger partial charge in [0.2, 0.25) is 0 Å². The lowest BCUT2D eigenvalue weighted by Gasteiger charge is -2.22. The van der Waals surface area contributed by atoms with E-state index >= 15 is 0 Å². The van der Waals surface area contributed by atoms with Crippen molar-refractivity contribution in [3.05, 3.63) is 28.7 Å². The number of rotatable bonds is 5. The van der Waals surface area contributed by atoms with Gasteiger partial charge in [-0.25, -0.2) is 0 Å². The van der Waals surface area contributed by atoms with Crippen molar-refractivity contribution in [2.45, 2.75) is 19.4 Å². The number of hydrogen-bond acceptors (Lipinski definition) is 3. The van der Waals surface area contributed by atoms with E-state index in [1.807, 2.05) is 36.1 Å². The standard InChI is InChI=1S/C14H18BrNO3/c1-10-5-6-16(13(10)14(17)18)7-8-19-12-4-2-3-11(15)9-12/h2-4,9-10,13H,5-8H2,1H3,(H,17,18). The Bertz CT molecular complexity index is 452. The van der Waals surface area contributed by atoms with Gasteiger partial charge in [0.15, 0.2) is 0 Å². The van der Waals surface area contributed by atoms with Crippen molar-refractivity contribution in [1.82, 2.24) is 4.90 Å². The van der Waals surface area contributed by atoms with Gasteiger partial charge in [0.1, 0.15) is 18.4 Å². The van der Waals surface area contributed by atoms with Crippen molar-refractivity contribution in [2.75, 3.05) is 19.7 Å². The molecule has 1 aliphatic rings. The molecule has 1 aliphatic heterocycles. The maximum Gasteiger partial charge on any atom is 0.321 e. The second-order valence-corrected chi connectivity index (χ2v) is 5.81. The summed E-state index contributed by atoms with van der Waals surface area (Å²) in [6.45, 7) is 3.98. The molecule has 0 aromatic heterocycles. The van der Waals surface area contributed by atoms with Gasteiger partial charge >= 0.3 is 5.97 Å². The van der Waals surface area contributed by atoms with Gasteiger partial charge in [0.25, 0.3) is 0 Å². The first-order valence-corrected chi connectivity index (χ1v) is 7.22. The first-order chi connectivity index (χ1) is 9.08. The summed E-state index contributed by atoms with van der Waals surface area (Å²) < 4.78 is 6.62. The predicted molar refractivity (Wildman–Crippen MR) is 76.4 cm³/mol. The Balaban J connectivity index is 1.84. The minimum atomic E-state index is -0.729. The normalized spacial score (nSPS) is 23.5. The maximum absolute atomic E-state index is 11.2. The Morgan fingerprint density at radius 3 is 3.05 bits per heavy atom. The molecule has 19 heavy (non-hydrogen) atoms. The molecule has 1 saturated heterocycles. The third-order valence-electron chi connectivity index (χ3n) is 3.50. The van der Waals surface area contributed by atoms with Crippen LogP contribution >= 0.6 is 15.9 Å². The van der Waals surface area contributed by atoms with Gasteiger partial charge < -0.3 is 9.84 Å². The molecule has 1 N–H and O–H groups in total. The van der Waals surface area contributed by atoms with E-state index in [2.05, 4.69) is 15.9 Å². The maximum atomic E-state index is 11.2. The van der Waals surface area contributed by atoms with Gasteiger partial charge in [-0.3, -0.25) is 9.69 Å². The van der Waals surface area contributed by atoms with Gasteiger partial charge in [-0.1, -0.05) is 28.9 Å². The summed E-state index contributed by atoms with van der Waals surface area (Å²) in [5.41, 5.74) is 0. The summed E-state index contributed by atoms with van der Waals surface area (Å²) in [6.07, 6.45) is 0.938. The SMILES string of the molecule is CC1CCN(CCOc2cccc(Br)c2)C1C(=O)O. The highest BCUT2D eigenvalue weighted by Gasteiger charge is 2.36. The molecule has 4 nitrogen and oxygen atoms in total. The number of halogens is 1. The van der Waals surface area contributed by atoms with Gasteiger partial charge in [-0.05, 0) is 37.1 Å². The van der Waals surface area contributed by atoms with Crippen LogP contribution in [0.3, 0.4) is 0 Å². The van der Waals surface area contributed by atoms with Gasteiger partial charge in [0, 0.05) is 11.0 Å². The van der Waals surface area contributed by atoms with Gasteiger partial charge in [0.05, 0.1) is 0 Å². The molecule has 0 amide bonds. The van der Waals surface area contributed by atoms with E-state index in [1.165, 1.54) is 0 Å². The first kappa shape index (κ1) is 14.3. The van der Waals surface area contributed by atoms with Crippen molar-refractivity contribution >= 4 is 21.9 Å². The summed E-state index contributed by atoms with van der Waals surface area (Å²) in [4.78, 5) is 13.2. The smallest absolute Gasteiger partial charge is 0.321 e. The van der Waals surface area contributed by atoms with Crippen molar-refractivity contribution < 1.29 is 14.6 Å². The predicted octanol–water partition coefficient (Wildman–Crippen LogP) is 2.62. The Kier molecular flexibility index (Phi) is 4.82. The lowest BCUT2D eigenvalue weighted by Crippen LogP contribution is -2.41. The fraction of sp³-hybridized carbons (Fsp3) is 0.500. The molecule has 0 aliphatic carbocycles. The lowest BCUT2D eigenvalue weighted by molar-refractivity contribution is -0.143. The fourth-order valence-electron chi connectivity index (χ4n) is 2.51. The molecule has 1 heterocycles. The van der Waals surface area contributed by atoms with Crippen molar-refractivity contribution in [3.63, 3.8) is 0 Å². The molecule has 0 radical (unpaired) electrons. The van der Waals surface area contributed by atoms with E-state index in [0.29, 0.717) is 13.2 Å². The summed E-state index contributed by atoms with van der Waals surface area (Å²) in [5.74, 6) is 0.282. The number of nitrogens with zero attached hydrogens (tertiary/aromatic N) is 1. The highest BCUT2D eigenvalue weighted by Crippen LogP contribution is 2.24. The Morgan fingerprint density at radius 1 is 1.58 bits per heavy atom. The van der Waals surface area contributed by atoms with E-state index < -0.39 is 5.97 Å². The number of benzene rings is 1. The van der Waals surface area contributed by atoms with Gasteiger partial charge in [-0.2, -0.15) is 0 Å². The van der Waals surface area contributed by atoms with Crippen LogP contribution in [0.25, 0.3) is 0 Å². The van der Waals surface area contributed by atoms with E-state index in [1.54, 1.807) is 0 Å². The van der Waals surface area contributed by atoms with Crippen LogP contribution < -0.4 is 4.74 Å². The second kappa shape index (κ2) is 6.39. The van der Waals surface area contributed by atoms with E-state index in [4.69, 9.17) is 4.74 Å². The monoisotopic (exact) mass is 327 g/mol.